The largest absolute Gasteiger partial charge is 0.475 e. The summed E-state index contributed by atoms with van der Waals surface area (Å²) in [5.74, 6) is 0.334. The number of sulfonamides is 1. The normalized spacial score (nSPS) is 21.5. The van der Waals surface area contributed by atoms with Gasteiger partial charge in [0.15, 0.2) is 0 Å². The number of rotatable bonds is 5. The molecular formula is C34H43N5O4S. The van der Waals surface area contributed by atoms with Crippen LogP contribution in [-0.4, -0.2) is 71.9 Å². The van der Waals surface area contributed by atoms with E-state index in [1.54, 1.807) is 18.2 Å². The van der Waals surface area contributed by atoms with Crippen molar-refractivity contribution in [1.82, 2.24) is 19.8 Å². The van der Waals surface area contributed by atoms with Gasteiger partial charge < -0.3 is 9.64 Å². The third kappa shape index (κ3) is 5.81. The highest BCUT2D eigenvalue weighted by Gasteiger charge is 2.55. The van der Waals surface area contributed by atoms with Crippen molar-refractivity contribution >= 4 is 21.9 Å². The van der Waals surface area contributed by atoms with Gasteiger partial charge in [-0.2, -0.15) is 4.98 Å². The number of carbonyl (C=O) groups is 1. The zero-order chi connectivity index (χ0) is 31.4. The highest BCUT2D eigenvalue weighted by atomic mass is 32.2. The summed E-state index contributed by atoms with van der Waals surface area (Å²) < 4.78 is 36.2. The zero-order valence-corrected chi connectivity index (χ0v) is 27.3. The zero-order valence-electron chi connectivity index (χ0n) is 26.5. The number of benzene rings is 2. The number of fused-ring (bicyclic) bond motifs is 4. The molecular weight excluding hydrogens is 574 g/mol. The molecule has 1 atom stereocenters. The Morgan fingerprint density at radius 1 is 1.00 bits per heavy atom. The summed E-state index contributed by atoms with van der Waals surface area (Å²) in [5.41, 5.74) is 4.09. The summed E-state index contributed by atoms with van der Waals surface area (Å²) in [7, 11) is -4.10. The van der Waals surface area contributed by atoms with Gasteiger partial charge in [0.05, 0.1) is 16.6 Å². The molecule has 234 valence electrons. The topological polar surface area (TPSA) is 105 Å². The van der Waals surface area contributed by atoms with Gasteiger partial charge in [-0.15, -0.1) is 0 Å². The minimum Gasteiger partial charge on any atom is -0.475 e. The van der Waals surface area contributed by atoms with Gasteiger partial charge in [-0.05, 0) is 87.6 Å². The Hall–Kier alpha value is -3.50. The first-order valence-electron chi connectivity index (χ1n) is 15.6. The fraction of sp³-hybridized carbons (Fsp3) is 0.500. The van der Waals surface area contributed by atoms with Crippen molar-refractivity contribution in [3.05, 3.63) is 65.2 Å². The highest BCUT2D eigenvalue weighted by Crippen LogP contribution is 2.51. The number of aryl methyl sites for hydroxylation is 2. The molecule has 0 unspecified atom stereocenters. The summed E-state index contributed by atoms with van der Waals surface area (Å²) in [5, 5.41) is 0. The van der Waals surface area contributed by atoms with Crippen molar-refractivity contribution in [2.75, 3.05) is 24.4 Å². The minimum absolute atomic E-state index is 0.0110. The van der Waals surface area contributed by atoms with Crippen molar-refractivity contribution < 1.29 is 17.9 Å². The van der Waals surface area contributed by atoms with Gasteiger partial charge in [0.1, 0.15) is 6.61 Å². The molecule has 0 radical (unpaired) electrons. The second kappa shape index (κ2) is 11.5. The summed E-state index contributed by atoms with van der Waals surface area (Å²) in [6.07, 6.45) is 2.61. The van der Waals surface area contributed by atoms with Gasteiger partial charge in [0.2, 0.25) is 11.8 Å². The van der Waals surface area contributed by atoms with Crippen LogP contribution in [0.4, 0.5) is 5.95 Å². The van der Waals surface area contributed by atoms with Crippen molar-refractivity contribution in [2.45, 2.75) is 83.8 Å². The molecule has 44 heavy (non-hydrogen) atoms. The fourth-order valence-electron chi connectivity index (χ4n) is 7.21. The number of hydrogen-bond donors (Lipinski definition) is 1. The molecule has 9 nitrogen and oxygen atoms in total. The van der Waals surface area contributed by atoms with Crippen LogP contribution in [0, 0.1) is 25.2 Å². The van der Waals surface area contributed by atoms with Gasteiger partial charge in [-0.1, -0.05) is 38.1 Å². The Labute approximate surface area is 261 Å². The van der Waals surface area contributed by atoms with Gasteiger partial charge in [0, 0.05) is 42.4 Å². The lowest BCUT2D eigenvalue weighted by molar-refractivity contribution is -0.121. The van der Waals surface area contributed by atoms with Crippen molar-refractivity contribution in [3.63, 3.8) is 0 Å². The number of likely N-dealkylation sites (tertiary alicyclic amines) is 1. The van der Waals surface area contributed by atoms with E-state index in [0.717, 1.165) is 49.0 Å². The Morgan fingerprint density at radius 3 is 2.34 bits per heavy atom. The van der Waals surface area contributed by atoms with Crippen LogP contribution in [0.1, 0.15) is 68.4 Å². The molecule has 2 aliphatic heterocycles. The number of carbonyl (C=O) groups excluding carboxylic acids is 1. The smallest absolute Gasteiger partial charge is 0.264 e. The second-order valence-corrected chi connectivity index (χ2v) is 15.4. The van der Waals surface area contributed by atoms with Gasteiger partial charge >= 0.3 is 0 Å². The lowest BCUT2D eigenvalue weighted by atomic mass is 9.59. The maximum Gasteiger partial charge on any atom is 0.264 e. The number of nitrogens with one attached hydrogen (secondary N) is 1. The van der Waals surface area contributed by atoms with E-state index in [2.05, 4.69) is 47.3 Å². The Bertz CT molecular complexity index is 1650. The van der Waals surface area contributed by atoms with E-state index in [0.29, 0.717) is 23.2 Å². The molecule has 6 rings (SSSR count). The molecule has 3 aromatic rings. The SMILES string of the molecule is Cc1cccc(C)c1-c1cc2nc(n1)NS(=O)(=O)c1cccc(c1)C(=O)N(C1CC3(C1)CN(C(C)C)C3)[C@H](CC(C)C)CO2. The van der Waals surface area contributed by atoms with E-state index in [1.807, 2.05) is 36.9 Å². The molecule has 1 amide bonds. The number of hydrogen-bond acceptors (Lipinski definition) is 7. The first kappa shape index (κ1) is 30.5. The average molecular weight is 618 g/mol. The summed E-state index contributed by atoms with van der Waals surface area (Å²) >= 11 is 0. The number of amides is 1. The van der Waals surface area contributed by atoms with Crippen molar-refractivity contribution in [1.29, 1.82) is 0 Å². The maximum atomic E-state index is 14.4. The van der Waals surface area contributed by atoms with E-state index in [-0.39, 0.29) is 46.7 Å². The van der Waals surface area contributed by atoms with Crippen molar-refractivity contribution in [2.24, 2.45) is 11.3 Å². The quantitative estimate of drug-likeness (QED) is 0.393. The van der Waals surface area contributed by atoms with Crippen LogP contribution in [0.2, 0.25) is 0 Å². The summed E-state index contributed by atoms with van der Waals surface area (Å²) in [6, 6.07) is 14.4. The molecule has 1 aliphatic carbocycles. The lowest BCUT2D eigenvalue weighted by Gasteiger charge is -2.63. The third-order valence-electron chi connectivity index (χ3n) is 9.39. The standard InChI is InChI=1S/C34H43N5O4S/c1-21(2)13-26-18-43-30-15-29(31-23(5)9-7-10-24(31)6)35-33(36-30)37-44(41,42)28-12-8-11-25(14-28)32(40)39(26)27-16-34(17-27)19-38(20-34)22(3)4/h7-12,14-15,21-22,26-27H,13,16-20H2,1-6H3,(H,35,36,37)/t26-/m1/s1. The first-order chi connectivity index (χ1) is 20.8. The van der Waals surface area contributed by atoms with Crippen LogP contribution in [0.15, 0.2) is 53.4 Å². The first-order valence-corrected chi connectivity index (χ1v) is 17.1. The molecule has 2 aromatic carbocycles. The number of aromatic nitrogens is 2. The van der Waals surface area contributed by atoms with Crippen LogP contribution >= 0.6 is 0 Å². The molecule has 3 aliphatic rings. The molecule has 1 spiro atoms. The number of ether oxygens (including phenoxy) is 1. The van der Waals surface area contributed by atoms with Crippen molar-refractivity contribution in [3.8, 4) is 17.1 Å². The number of nitrogens with zero attached hydrogens (tertiary/aromatic N) is 4. The second-order valence-electron chi connectivity index (χ2n) is 13.7. The predicted octanol–water partition coefficient (Wildman–Crippen LogP) is 5.68. The summed E-state index contributed by atoms with van der Waals surface area (Å²) in [6.45, 7) is 15.1. The fourth-order valence-corrected chi connectivity index (χ4v) is 8.20. The molecule has 4 bridgehead atoms. The van der Waals surface area contributed by atoms with E-state index < -0.39 is 10.0 Å². The van der Waals surface area contributed by atoms with E-state index >= 15 is 0 Å². The predicted molar refractivity (Wildman–Crippen MR) is 171 cm³/mol. The Balaban J connectivity index is 1.42. The molecule has 1 saturated heterocycles. The van der Waals surface area contributed by atoms with E-state index in [4.69, 9.17) is 4.74 Å². The van der Waals surface area contributed by atoms with Crippen LogP contribution in [0.3, 0.4) is 0 Å². The molecule has 10 heteroatoms. The average Bonchev–Trinajstić information content (AvgIpc) is 2.90. The molecule has 1 saturated carbocycles. The lowest BCUT2D eigenvalue weighted by Crippen LogP contribution is -2.69. The molecule has 1 N–H and O–H groups in total. The van der Waals surface area contributed by atoms with E-state index in [1.165, 1.54) is 12.1 Å². The Morgan fingerprint density at radius 2 is 1.68 bits per heavy atom. The van der Waals surface area contributed by atoms with Crippen LogP contribution in [0.25, 0.3) is 11.3 Å². The molecule has 2 fully saturated rings. The van der Waals surface area contributed by atoms with Crippen LogP contribution in [-0.2, 0) is 10.0 Å². The van der Waals surface area contributed by atoms with Gasteiger partial charge in [0.25, 0.3) is 15.9 Å². The molecule has 3 heterocycles. The van der Waals surface area contributed by atoms with Gasteiger partial charge in [-0.3, -0.25) is 9.69 Å². The van der Waals surface area contributed by atoms with Gasteiger partial charge in [-0.25, -0.2) is 18.1 Å². The minimum atomic E-state index is -4.10. The van der Waals surface area contributed by atoms with E-state index in [9.17, 15) is 13.2 Å². The Kier molecular flexibility index (Phi) is 7.94. The summed E-state index contributed by atoms with van der Waals surface area (Å²) in [4.78, 5) is 27.9. The highest BCUT2D eigenvalue weighted by molar-refractivity contribution is 7.92. The third-order valence-corrected chi connectivity index (χ3v) is 10.7. The number of anilines is 1. The van der Waals surface area contributed by atoms with Crippen LogP contribution < -0.4 is 9.46 Å². The molecule has 1 aromatic heterocycles. The monoisotopic (exact) mass is 617 g/mol. The maximum absolute atomic E-state index is 14.4. The van der Waals surface area contributed by atoms with Crippen LogP contribution in [0.5, 0.6) is 5.88 Å².